The number of carbonyl (C=O) groups excluding carboxylic acids is 2. The van der Waals surface area contributed by atoms with Gasteiger partial charge in [0, 0.05) is 6.54 Å². The molecule has 0 aromatic heterocycles. The van der Waals surface area contributed by atoms with Crippen molar-refractivity contribution in [2.75, 3.05) is 6.54 Å². The summed E-state index contributed by atoms with van der Waals surface area (Å²) in [6, 6.07) is -1.38. The zero-order chi connectivity index (χ0) is 12.6. The van der Waals surface area contributed by atoms with Crippen molar-refractivity contribution in [3.05, 3.63) is 0 Å². The van der Waals surface area contributed by atoms with Gasteiger partial charge in [0.05, 0.1) is 12.0 Å². The van der Waals surface area contributed by atoms with E-state index in [0.717, 1.165) is 19.3 Å². The van der Waals surface area contributed by atoms with Gasteiger partial charge in [-0.15, -0.1) is 0 Å². The van der Waals surface area contributed by atoms with E-state index in [0.29, 0.717) is 6.54 Å². The number of carboxylic acid groups (broad SMARTS) is 1. The molecular weight excluding hydrogens is 208 g/mol. The van der Waals surface area contributed by atoms with E-state index in [1.165, 1.54) is 0 Å². The van der Waals surface area contributed by atoms with Gasteiger partial charge >= 0.3 is 6.03 Å². The van der Waals surface area contributed by atoms with E-state index in [1.54, 1.807) is 13.8 Å². The van der Waals surface area contributed by atoms with Gasteiger partial charge in [-0.1, -0.05) is 33.6 Å². The molecule has 0 bridgehead atoms. The highest BCUT2D eigenvalue weighted by Crippen LogP contribution is 2.00. The molecule has 5 nitrogen and oxygen atoms in total. The number of unbranched alkanes of at least 4 members (excludes halogenated alkanes) is 2. The Labute approximate surface area is 96.6 Å². The molecule has 0 aliphatic carbocycles. The molecule has 0 unspecified atom stereocenters. The minimum absolute atomic E-state index is 0.189. The highest BCUT2D eigenvalue weighted by Gasteiger charge is 2.16. The number of carboxylic acids is 1. The number of rotatable bonds is 7. The molecule has 0 spiro atoms. The Kier molecular flexibility index (Phi) is 7.33. The summed E-state index contributed by atoms with van der Waals surface area (Å²) in [7, 11) is 0. The number of amides is 2. The van der Waals surface area contributed by atoms with Gasteiger partial charge in [-0.3, -0.25) is 0 Å². The number of hydrogen-bond donors (Lipinski definition) is 2. The molecule has 0 radical (unpaired) electrons. The van der Waals surface area contributed by atoms with Gasteiger partial charge in [-0.2, -0.15) is 0 Å². The third-order valence-electron chi connectivity index (χ3n) is 2.27. The molecule has 0 aliphatic rings. The molecule has 0 rings (SSSR count). The summed E-state index contributed by atoms with van der Waals surface area (Å²) in [6.07, 6.45) is 3.03. The van der Waals surface area contributed by atoms with E-state index < -0.39 is 18.0 Å². The molecule has 0 heterocycles. The summed E-state index contributed by atoms with van der Waals surface area (Å²) in [5.41, 5.74) is 0. The van der Waals surface area contributed by atoms with Crippen LogP contribution in [0.25, 0.3) is 0 Å². The molecule has 2 amide bonds. The molecule has 0 saturated heterocycles. The van der Waals surface area contributed by atoms with Crippen LogP contribution in [0.1, 0.15) is 40.0 Å². The third-order valence-corrected chi connectivity index (χ3v) is 2.27. The fourth-order valence-electron chi connectivity index (χ4n) is 1.27. The predicted octanol–water partition coefficient (Wildman–Crippen LogP) is 0.250. The largest absolute Gasteiger partial charge is 0.548 e. The van der Waals surface area contributed by atoms with Crippen molar-refractivity contribution in [1.82, 2.24) is 10.6 Å². The van der Waals surface area contributed by atoms with Crippen LogP contribution in [-0.4, -0.2) is 24.6 Å². The average Bonchev–Trinajstić information content (AvgIpc) is 2.20. The molecule has 1 atom stereocenters. The first-order valence-corrected chi connectivity index (χ1v) is 5.74. The van der Waals surface area contributed by atoms with Crippen LogP contribution in [0.5, 0.6) is 0 Å². The first kappa shape index (κ1) is 14.7. The van der Waals surface area contributed by atoms with Gasteiger partial charge in [0.2, 0.25) is 0 Å². The van der Waals surface area contributed by atoms with E-state index in [-0.39, 0.29) is 5.92 Å². The van der Waals surface area contributed by atoms with Crippen molar-refractivity contribution in [2.24, 2.45) is 5.92 Å². The smallest absolute Gasteiger partial charge is 0.315 e. The lowest BCUT2D eigenvalue weighted by atomic mass is 10.1. The number of aliphatic carboxylic acids is 1. The van der Waals surface area contributed by atoms with Crippen LogP contribution < -0.4 is 15.7 Å². The summed E-state index contributed by atoms with van der Waals surface area (Å²) in [6.45, 7) is 6.08. The lowest BCUT2D eigenvalue weighted by molar-refractivity contribution is -0.309. The average molecular weight is 229 g/mol. The zero-order valence-electron chi connectivity index (χ0n) is 10.2. The fourth-order valence-corrected chi connectivity index (χ4v) is 1.27. The highest BCUT2D eigenvalue weighted by molar-refractivity contribution is 5.81. The van der Waals surface area contributed by atoms with E-state index in [4.69, 9.17) is 0 Å². The maximum Gasteiger partial charge on any atom is 0.315 e. The lowest BCUT2D eigenvalue weighted by Gasteiger charge is -2.23. The molecule has 94 valence electrons. The van der Waals surface area contributed by atoms with Crippen LogP contribution in [0, 0.1) is 5.92 Å². The molecular formula is C11H21N2O3-. The second kappa shape index (κ2) is 7.96. The van der Waals surface area contributed by atoms with Crippen LogP contribution in [-0.2, 0) is 4.79 Å². The summed E-state index contributed by atoms with van der Waals surface area (Å²) in [5, 5.41) is 15.7. The second-order valence-corrected chi connectivity index (χ2v) is 4.15. The van der Waals surface area contributed by atoms with E-state index >= 15 is 0 Å². The van der Waals surface area contributed by atoms with E-state index in [9.17, 15) is 14.7 Å². The molecule has 0 fully saturated rings. The Morgan fingerprint density at radius 3 is 2.31 bits per heavy atom. The second-order valence-electron chi connectivity index (χ2n) is 4.15. The number of nitrogens with one attached hydrogen (secondary N) is 2. The van der Waals surface area contributed by atoms with Gasteiger partial charge in [0.25, 0.3) is 0 Å². The van der Waals surface area contributed by atoms with Crippen molar-refractivity contribution in [1.29, 1.82) is 0 Å². The summed E-state index contributed by atoms with van der Waals surface area (Å²) < 4.78 is 0. The first-order chi connectivity index (χ1) is 7.49. The minimum atomic E-state index is -1.25. The van der Waals surface area contributed by atoms with Gasteiger partial charge in [0.1, 0.15) is 0 Å². The molecule has 2 N–H and O–H groups in total. The molecule has 0 saturated carbocycles. The Balaban J connectivity index is 3.87. The first-order valence-electron chi connectivity index (χ1n) is 5.74. The third kappa shape index (κ3) is 6.27. The van der Waals surface area contributed by atoms with E-state index in [2.05, 4.69) is 17.6 Å². The molecule has 5 heteroatoms. The van der Waals surface area contributed by atoms with Gasteiger partial charge < -0.3 is 20.5 Å². The van der Waals surface area contributed by atoms with Crippen molar-refractivity contribution in [2.45, 2.75) is 46.1 Å². The quantitative estimate of drug-likeness (QED) is 0.614. The van der Waals surface area contributed by atoms with Crippen LogP contribution >= 0.6 is 0 Å². The number of hydrogen-bond acceptors (Lipinski definition) is 3. The topological polar surface area (TPSA) is 81.3 Å². The van der Waals surface area contributed by atoms with E-state index in [1.807, 2.05) is 0 Å². The van der Waals surface area contributed by atoms with Gasteiger partial charge in [0.15, 0.2) is 0 Å². The van der Waals surface area contributed by atoms with Gasteiger partial charge in [-0.05, 0) is 12.3 Å². The Bertz CT molecular complexity index is 229. The molecule has 0 aromatic carbocycles. The summed E-state index contributed by atoms with van der Waals surface area (Å²) >= 11 is 0. The Morgan fingerprint density at radius 1 is 1.25 bits per heavy atom. The fraction of sp³-hybridized carbons (Fsp3) is 0.818. The number of urea groups is 1. The van der Waals surface area contributed by atoms with Crippen molar-refractivity contribution >= 4 is 12.0 Å². The normalized spacial score (nSPS) is 12.2. The zero-order valence-corrected chi connectivity index (χ0v) is 10.2. The van der Waals surface area contributed by atoms with Crippen molar-refractivity contribution in [3.63, 3.8) is 0 Å². The number of carbonyl (C=O) groups is 2. The maximum atomic E-state index is 11.3. The molecule has 0 aromatic rings. The lowest BCUT2D eigenvalue weighted by Crippen LogP contribution is -2.53. The standard InChI is InChI=1S/C11H22N2O3/c1-4-5-6-7-12-11(16)13-9(8(2)3)10(14)15/h8-9H,4-7H2,1-3H3,(H,14,15)(H2,12,13,16)/p-1/t9-/m0/s1. The minimum Gasteiger partial charge on any atom is -0.548 e. The monoisotopic (exact) mass is 229 g/mol. The van der Waals surface area contributed by atoms with Crippen LogP contribution in [0.15, 0.2) is 0 Å². The summed E-state index contributed by atoms with van der Waals surface area (Å²) in [5.74, 6) is -1.44. The van der Waals surface area contributed by atoms with Crippen LogP contribution in [0.2, 0.25) is 0 Å². The van der Waals surface area contributed by atoms with Crippen molar-refractivity contribution in [3.8, 4) is 0 Å². The predicted molar refractivity (Wildman–Crippen MR) is 59.7 cm³/mol. The molecule has 16 heavy (non-hydrogen) atoms. The highest BCUT2D eigenvalue weighted by atomic mass is 16.4. The van der Waals surface area contributed by atoms with Crippen LogP contribution in [0.3, 0.4) is 0 Å². The Morgan fingerprint density at radius 2 is 1.88 bits per heavy atom. The molecule has 0 aliphatic heterocycles. The van der Waals surface area contributed by atoms with Gasteiger partial charge in [-0.25, -0.2) is 4.79 Å². The van der Waals surface area contributed by atoms with Crippen molar-refractivity contribution < 1.29 is 14.7 Å². The summed E-state index contributed by atoms with van der Waals surface area (Å²) in [4.78, 5) is 22.0. The SMILES string of the molecule is CCCCCNC(=O)N[C@H](C(=O)[O-])C(C)C. The maximum absolute atomic E-state index is 11.3. The van der Waals surface area contributed by atoms with Crippen LogP contribution in [0.4, 0.5) is 4.79 Å². The Hall–Kier alpha value is -1.26.